The van der Waals surface area contributed by atoms with E-state index in [1.54, 1.807) is 0 Å². The van der Waals surface area contributed by atoms with Crippen LogP contribution < -0.4 is 0 Å². The molecule has 1 unspecified atom stereocenters. The summed E-state index contributed by atoms with van der Waals surface area (Å²) in [6.07, 6.45) is 0. The molecule has 1 heterocycles. The fraction of sp³-hybridized carbons (Fsp3) is 1.00. The van der Waals surface area contributed by atoms with Crippen LogP contribution in [0.1, 0.15) is 34.6 Å². The lowest BCUT2D eigenvalue weighted by molar-refractivity contribution is -0.111. The molecule has 0 bridgehead atoms. The molecule has 2 heteroatoms. The lowest BCUT2D eigenvalue weighted by Crippen LogP contribution is -2.62. The van der Waals surface area contributed by atoms with E-state index in [2.05, 4.69) is 46.6 Å². The van der Waals surface area contributed by atoms with Gasteiger partial charge in [0.1, 0.15) is 0 Å². The van der Waals surface area contributed by atoms with Crippen molar-refractivity contribution in [1.82, 2.24) is 4.90 Å². The molecule has 1 rings (SSSR count). The van der Waals surface area contributed by atoms with E-state index in [1.165, 1.54) is 6.54 Å². The van der Waals surface area contributed by atoms with E-state index in [0.29, 0.717) is 11.5 Å². The maximum absolute atomic E-state index is 5.80. The average molecular weight is 185 g/mol. The van der Waals surface area contributed by atoms with Crippen molar-refractivity contribution in [2.75, 3.05) is 20.2 Å². The molecule has 0 aliphatic carbocycles. The molecular formula is C11H23NO. The summed E-state index contributed by atoms with van der Waals surface area (Å²) in [6, 6.07) is 0.590. The summed E-state index contributed by atoms with van der Waals surface area (Å²) in [5.41, 5.74) is 0.423. The Kier molecular flexibility index (Phi) is 2.75. The first-order valence-corrected chi connectivity index (χ1v) is 5.06. The van der Waals surface area contributed by atoms with Crippen LogP contribution in [-0.2, 0) is 4.74 Å². The first-order valence-electron chi connectivity index (χ1n) is 5.06. The standard InChI is InChI=1S/C11H23NO/c1-10(2,3)13-7-9-11(4,5)8-12(9)6/h9H,7-8H2,1-6H3. The van der Waals surface area contributed by atoms with Gasteiger partial charge >= 0.3 is 0 Å². The molecule has 0 aromatic carbocycles. The number of likely N-dealkylation sites (tertiary alicyclic amines) is 1. The average Bonchev–Trinajstić information content (AvgIpc) is 1.81. The van der Waals surface area contributed by atoms with Gasteiger partial charge in [-0.1, -0.05) is 13.8 Å². The zero-order chi connectivity index (χ0) is 10.3. The molecule has 0 radical (unpaired) electrons. The molecule has 1 aliphatic rings. The number of ether oxygens (including phenoxy) is 1. The molecule has 2 nitrogen and oxygen atoms in total. The summed E-state index contributed by atoms with van der Waals surface area (Å²) in [5.74, 6) is 0. The highest BCUT2D eigenvalue weighted by Gasteiger charge is 2.43. The highest BCUT2D eigenvalue weighted by Crippen LogP contribution is 2.36. The number of nitrogens with zero attached hydrogens (tertiary/aromatic N) is 1. The van der Waals surface area contributed by atoms with Gasteiger partial charge in [-0.25, -0.2) is 0 Å². The Labute approximate surface area is 82.3 Å². The summed E-state index contributed by atoms with van der Waals surface area (Å²) in [4.78, 5) is 2.37. The predicted molar refractivity (Wildman–Crippen MR) is 55.9 cm³/mol. The molecule has 13 heavy (non-hydrogen) atoms. The van der Waals surface area contributed by atoms with E-state index in [0.717, 1.165) is 6.61 Å². The number of hydrogen-bond acceptors (Lipinski definition) is 2. The zero-order valence-electron chi connectivity index (χ0n) is 9.85. The third-order valence-electron chi connectivity index (χ3n) is 2.77. The Morgan fingerprint density at radius 2 is 1.92 bits per heavy atom. The monoisotopic (exact) mass is 185 g/mol. The minimum Gasteiger partial charge on any atom is -0.374 e. The Morgan fingerprint density at radius 1 is 1.38 bits per heavy atom. The van der Waals surface area contributed by atoms with Gasteiger partial charge in [0.2, 0.25) is 0 Å². The van der Waals surface area contributed by atoms with Crippen LogP contribution >= 0.6 is 0 Å². The minimum atomic E-state index is -0.00743. The second-order valence-corrected chi connectivity index (χ2v) is 5.84. The summed E-state index contributed by atoms with van der Waals surface area (Å²) < 4.78 is 5.80. The van der Waals surface area contributed by atoms with E-state index in [-0.39, 0.29) is 5.60 Å². The molecule has 0 saturated carbocycles. The van der Waals surface area contributed by atoms with Gasteiger partial charge in [-0.15, -0.1) is 0 Å². The zero-order valence-corrected chi connectivity index (χ0v) is 9.85. The normalized spacial score (nSPS) is 28.6. The Bertz CT molecular complexity index is 181. The Morgan fingerprint density at radius 3 is 2.23 bits per heavy atom. The molecule has 1 fully saturated rings. The first kappa shape index (κ1) is 11.0. The molecule has 1 atom stereocenters. The summed E-state index contributed by atoms with van der Waals surface area (Å²) in [7, 11) is 2.17. The second kappa shape index (κ2) is 3.25. The Hall–Kier alpha value is -0.0800. The largest absolute Gasteiger partial charge is 0.374 e. The van der Waals surface area contributed by atoms with Crippen LogP contribution in [0.4, 0.5) is 0 Å². The second-order valence-electron chi connectivity index (χ2n) is 5.84. The molecule has 0 N–H and O–H groups in total. The molecule has 1 aliphatic heterocycles. The number of rotatable bonds is 2. The smallest absolute Gasteiger partial charge is 0.0634 e. The van der Waals surface area contributed by atoms with E-state index in [4.69, 9.17) is 4.74 Å². The van der Waals surface area contributed by atoms with Crippen molar-refractivity contribution in [3.05, 3.63) is 0 Å². The Balaban J connectivity index is 2.37. The lowest BCUT2D eigenvalue weighted by Gasteiger charge is -2.53. The van der Waals surface area contributed by atoms with Crippen molar-refractivity contribution in [2.45, 2.75) is 46.3 Å². The van der Waals surface area contributed by atoms with Crippen molar-refractivity contribution >= 4 is 0 Å². The maximum atomic E-state index is 5.80. The van der Waals surface area contributed by atoms with E-state index >= 15 is 0 Å². The van der Waals surface area contributed by atoms with Gasteiger partial charge in [0, 0.05) is 12.6 Å². The first-order chi connectivity index (χ1) is 5.72. The van der Waals surface area contributed by atoms with Crippen molar-refractivity contribution in [1.29, 1.82) is 0 Å². The minimum absolute atomic E-state index is 0.00743. The topological polar surface area (TPSA) is 12.5 Å². The van der Waals surface area contributed by atoms with Gasteiger partial charge in [-0.2, -0.15) is 0 Å². The van der Waals surface area contributed by atoms with Crippen LogP contribution in [0.25, 0.3) is 0 Å². The number of likely N-dealkylation sites (N-methyl/N-ethyl adjacent to an activating group) is 1. The predicted octanol–water partition coefficient (Wildman–Crippen LogP) is 2.14. The van der Waals surface area contributed by atoms with Crippen LogP contribution in [0.5, 0.6) is 0 Å². The van der Waals surface area contributed by atoms with Crippen molar-refractivity contribution < 1.29 is 4.74 Å². The molecule has 1 saturated heterocycles. The molecule has 0 aromatic rings. The third kappa shape index (κ3) is 2.68. The van der Waals surface area contributed by atoms with Gasteiger partial charge < -0.3 is 4.74 Å². The van der Waals surface area contributed by atoms with Crippen LogP contribution in [0, 0.1) is 5.41 Å². The highest BCUT2D eigenvalue weighted by atomic mass is 16.5. The third-order valence-corrected chi connectivity index (χ3v) is 2.77. The van der Waals surface area contributed by atoms with Crippen LogP contribution in [0.3, 0.4) is 0 Å². The highest BCUT2D eigenvalue weighted by molar-refractivity contribution is 4.97. The maximum Gasteiger partial charge on any atom is 0.0634 e. The SMILES string of the molecule is CN1CC(C)(C)C1COC(C)(C)C. The van der Waals surface area contributed by atoms with Crippen molar-refractivity contribution in [3.8, 4) is 0 Å². The van der Waals surface area contributed by atoms with Gasteiger partial charge in [0.15, 0.2) is 0 Å². The summed E-state index contributed by atoms with van der Waals surface area (Å²) >= 11 is 0. The van der Waals surface area contributed by atoms with Gasteiger partial charge in [0.25, 0.3) is 0 Å². The fourth-order valence-corrected chi connectivity index (χ4v) is 2.02. The van der Waals surface area contributed by atoms with Gasteiger partial charge in [-0.05, 0) is 33.2 Å². The molecular weight excluding hydrogens is 162 g/mol. The molecule has 0 spiro atoms. The molecule has 0 aromatic heterocycles. The van der Waals surface area contributed by atoms with Crippen LogP contribution in [0.2, 0.25) is 0 Å². The van der Waals surface area contributed by atoms with Gasteiger partial charge in [-0.3, -0.25) is 4.90 Å². The quantitative estimate of drug-likeness (QED) is 0.653. The molecule has 78 valence electrons. The van der Waals surface area contributed by atoms with Crippen LogP contribution in [-0.4, -0.2) is 36.7 Å². The number of hydrogen-bond donors (Lipinski definition) is 0. The lowest BCUT2D eigenvalue weighted by atomic mass is 9.76. The van der Waals surface area contributed by atoms with Gasteiger partial charge in [0.05, 0.1) is 12.2 Å². The van der Waals surface area contributed by atoms with E-state index in [1.807, 2.05) is 0 Å². The summed E-state index contributed by atoms with van der Waals surface area (Å²) in [5, 5.41) is 0. The van der Waals surface area contributed by atoms with Crippen molar-refractivity contribution in [3.63, 3.8) is 0 Å². The molecule has 0 amide bonds. The van der Waals surface area contributed by atoms with E-state index in [9.17, 15) is 0 Å². The van der Waals surface area contributed by atoms with E-state index < -0.39 is 0 Å². The van der Waals surface area contributed by atoms with Crippen LogP contribution in [0.15, 0.2) is 0 Å². The summed E-state index contributed by atoms with van der Waals surface area (Å²) in [6.45, 7) is 13.0. The van der Waals surface area contributed by atoms with Crippen molar-refractivity contribution in [2.24, 2.45) is 5.41 Å². The fourth-order valence-electron chi connectivity index (χ4n) is 2.02.